The van der Waals surface area contributed by atoms with Gasteiger partial charge in [0.2, 0.25) is 0 Å². The summed E-state index contributed by atoms with van der Waals surface area (Å²) >= 11 is 0. The molecule has 4 nitrogen and oxygen atoms in total. The Morgan fingerprint density at radius 3 is 1.09 bits per heavy atom. The van der Waals surface area contributed by atoms with E-state index in [1.165, 1.54) is 100 Å². The molecule has 0 radical (unpaired) electrons. The second kappa shape index (κ2) is 28.3. The van der Waals surface area contributed by atoms with Crippen molar-refractivity contribution in [3.05, 3.63) is 478 Å². The molecule has 10 heterocycles. The first-order valence-corrected chi connectivity index (χ1v) is 45.2. The molecule has 10 aliphatic rings. The van der Waals surface area contributed by atoms with E-state index in [9.17, 15) is 0 Å². The van der Waals surface area contributed by atoms with Crippen LogP contribution in [0.25, 0.3) is 122 Å². The van der Waals surface area contributed by atoms with Crippen LogP contribution in [0.2, 0.25) is 0 Å². The summed E-state index contributed by atoms with van der Waals surface area (Å²) in [5.74, 6) is 0. The number of para-hydroxylation sites is 2. The zero-order chi connectivity index (χ0) is 86.5. The predicted octanol–water partition coefficient (Wildman–Crippen LogP) is 33.4. The smallest absolute Gasteiger partial charge is 0.143 e. The molecule has 0 saturated carbocycles. The van der Waals surface area contributed by atoms with Gasteiger partial charge >= 0.3 is 0 Å². The van der Waals surface area contributed by atoms with Crippen molar-refractivity contribution >= 4 is 78.0 Å². The van der Waals surface area contributed by atoms with Gasteiger partial charge in [-0.05, 0) is 241 Å². The number of nitrogens with zero attached hydrogens (tertiary/aromatic N) is 2. The van der Waals surface area contributed by atoms with Crippen molar-refractivity contribution in [2.75, 3.05) is 9.80 Å². The second-order valence-corrected chi connectivity index (χ2v) is 39.0. The summed E-state index contributed by atoms with van der Waals surface area (Å²) in [7, 11) is 0. The van der Waals surface area contributed by atoms with E-state index in [4.69, 9.17) is 8.83 Å². The molecule has 0 N–H and O–H groups in total. The third-order valence-corrected chi connectivity index (χ3v) is 29.3. The lowest BCUT2D eigenvalue weighted by Gasteiger charge is -2.36. The normalized spacial score (nSPS) is 16.2. The predicted molar refractivity (Wildman–Crippen MR) is 534 cm³/mol. The minimum absolute atomic E-state index is 0.0245. The summed E-state index contributed by atoms with van der Waals surface area (Å²) < 4.78 is 14.4. The van der Waals surface area contributed by atoms with Gasteiger partial charge in [0.05, 0.1) is 16.5 Å². The molecule has 128 heavy (non-hydrogen) atoms. The van der Waals surface area contributed by atoms with E-state index in [0.29, 0.717) is 0 Å². The number of rotatable bonds is 7. The zero-order valence-corrected chi connectivity index (χ0v) is 73.8. The number of anilines is 6. The highest BCUT2D eigenvalue weighted by molar-refractivity contribution is 6.13. The van der Waals surface area contributed by atoms with Crippen LogP contribution in [0, 0.1) is 0 Å². The second-order valence-electron chi connectivity index (χ2n) is 39.0. The molecule has 12 bridgehead atoms. The molecule has 30 rings (SSSR count). The molecule has 2 atom stereocenters. The molecule has 4 heteroatoms. The summed E-state index contributed by atoms with van der Waals surface area (Å²) in [5.41, 5.74) is 41.1. The maximum absolute atomic E-state index is 7.40. The first kappa shape index (κ1) is 76.8. The van der Waals surface area contributed by atoms with E-state index in [1.807, 2.05) is 0 Å². The first-order valence-electron chi connectivity index (χ1n) is 45.2. The van der Waals surface area contributed by atoms with Gasteiger partial charge in [-0.3, -0.25) is 0 Å². The Balaban J connectivity index is 0.633. The third-order valence-electron chi connectivity index (χ3n) is 29.3. The fourth-order valence-electron chi connectivity index (χ4n) is 22.5. The average molecular weight is 1650 g/mol. The highest BCUT2D eigenvalue weighted by atomic mass is 16.3. The molecule has 0 spiro atoms. The topological polar surface area (TPSA) is 32.8 Å². The van der Waals surface area contributed by atoms with E-state index in [0.717, 1.165) is 134 Å². The molecule has 2 unspecified atom stereocenters. The van der Waals surface area contributed by atoms with Crippen LogP contribution < -0.4 is 9.80 Å². The number of hydrogen-bond acceptors (Lipinski definition) is 4. The quantitative estimate of drug-likeness (QED) is 0.159. The fraction of sp³-hybridized carbons (Fsp3) is 0.129. The molecule has 0 fully saturated rings. The lowest BCUT2D eigenvalue weighted by molar-refractivity contribution is 0.589. The van der Waals surface area contributed by atoms with Gasteiger partial charge in [0, 0.05) is 77.5 Å². The average Bonchev–Trinajstić information content (AvgIpc) is 1.54. The van der Waals surface area contributed by atoms with Crippen molar-refractivity contribution < 1.29 is 8.83 Å². The molecular weight excluding hydrogens is 1550 g/mol. The Labute approximate surface area is 749 Å². The van der Waals surface area contributed by atoms with E-state index in [-0.39, 0.29) is 10.8 Å². The van der Waals surface area contributed by atoms with E-state index >= 15 is 0 Å². The van der Waals surface area contributed by atoms with Crippen LogP contribution >= 0.6 is 0 Å². The maximum atomic E-state index is 7.40. The van der Waals surface area contributed by atoms with Gasteiger partial charge in [-0.1, -0.05) is 379 Å². The minimum Gasteiger partial charge on any atom is -0.455 e. The molecule has 18 aromatic carbocycles. The van der Waals surface area contributed by atoms with Gasteiger partial charge in [0.15, 0.2) is 0 Å². The summed E-state index contributed by atoms with van der Waals surface area (Å²) in [5, 5.41) is 4.36. The van der Waals surface area contributed by atoms with Crippen molar-refractivity contribution in [2.45, 2.75) is 102 Å². The largest absolute Gasteiger partial charge is 0.455 e. The van der Waals surface area contributed by atoms with Crippen LogP contribution in [-0.4, -0.2) is 0 Å². The van der Waals surface area contributed by atoms with Gasteiger partial charge in [0.1, 0.15) is 22.3 Å². The Morgan fingerprint density at radius 2 is 0.586 bits per heavy atom. The molecule has 0 amide bonds. The summed E-state index contributed by atoms with van der Waals surface area (Å²) in [6, 6.07) is 152. The standard InChI is InChI=1S/C124H96N2O2/c1-119(2,3)84-42-50-88(51-43-84)123-90-54-46-86(47-55-90)121(7,8)108-70-68-103-102-30-17-21-34-113(102)127-117(103)115(108)79-37-60-93(61-38-79)125(95-64-66-100(110(123)75-95)98-28-14-18-31-106(98)123)92-58-35-77(36-59-92)81-25-22-26-82(73-81)83-41-72-114-105(74-83)104-69-71-109-116(118(104)128-114)80-39-62-94(63-40-80)126(112-33-20-16-27-97(112)78-23-12-11-13-24-78)96-65-67-101-99-29-15-19-32-107(99)124(111(101)76-96,89-52-44-85(45-53-89)120(4,5)6)91-56-48-87(49-57-91)122(109,9)10/h11-76H,1-10H3. The highest BCUT2D eigenvalue weighted by Gasteiger charge is 2.50. The van der Waals surface area contributed by atoms with Crippen LogP contribution in [-0.2, 0) is 32.5 Å². The molecule has 20 aromatic rings. The van der Waals surface area contributed by atoms with Crippen LogP contribution in [0.1, 0.15) is 147 Å². The highest BCUT2D eigenvalue weighted by Crippen LogP contribution is 2.62. The van der Waals surface area contributed by atoms with Gasteiger partial charge in [0.25, 0.3) is 0 Å². The van der Waals surface area contributed by atoms with Crippen molar-refractivity contribution in [1.29, 1.82) is 0 Å². The molecule has 2 aromatic heterocycles. The lowest BCUT2D eigenvalue weighted by atomic mass is 9.66. The van der Waals surface area contributed by atoms with Crippen LogP contribution in [0.5, 0.6) is 0 Å². The van der Waals surface area contributed by atoms with Crippen molar-refractivity contribution in [1.82, 2.24) is 0 Å². The van der Waals surface area contributed by atoms with Crippen LogP contribution in [0.15, 0.2) is 409 Å². The third kappa shape index (κ3) is 11.5. The van der Waals surface area contributed by atoms with E-state index < -0.39 is 21.7 Å². The van der Waals surface area contributed by atoms with Crippen molar-refractivity contribution in [3.8, 4) is 77.9 Å². The van der Waals surface area contributed by atoms with Crippen LogP contribution in [0.3, 0.4) is 0 Å². The molecular formula is C124H96N2O2. The van der Waals surface area contributed by atoms with Gasteiger partial charge < -0.3 is 18.6 Å². The SMILES string of the molecule is CC(C)(C)c1ccc(C23c4ccc(cc4)C(C)(C)c4ccc5c(oc6ccccc65)c4-c4ccc(cc4)N(c4ccc(-c5cccc(-c6ccc7oc8c9c(ccc8c7c6)C(C)(C)c6ccc(cc6)C6(c7ccc(C(C)(C)C)cc7)c7ccccc7-c7ccc(cc76)N(c6ccccc6-c6ccccc6)c6ccc-9cc6)c5)cc4)c4ccc(c2c4)-c2ccccc23)cc1. The van der Waals surface area contributed by atoms with Gasteiger partial charge in [-0.2, -0.15) is 0 Å². The van der Waals surface area contributed by atoms with E-state index in [2.05, 4.69) is 479 Å². The Hall–Kier alpha value is -14.8. The number of hydrogen-bond donors (Lipinski definition) is 0. The summed E-state index contributed by atoms with van der Waals surface area (Å²) in [6.45, 7) is 23.4. The molecule has 0 saturated heterocycles. The van der Waals surface area contributed by atoms with Crippen LogP contribution in [0.4, 0.5) is 34.1 Å². The lowest BCUT2D eigenvalue weighted by Crippen LogP contribution is -2.29. The summed E-state index contributed by atoms with van der Waals surface area (Å²) in [4.78, 5) is 4.94. The Kier molecular flexibility index (Phi) is 17.0. The Bertz CT molecular complexity index is 7890. The molecule has 8 aliphatic heterocycles. The maximum Gasteiger partial charge on any atom is 0.143 e. The summed E-state index contributed by atoms with van der Waals surface area (Å²) in [6.07, 6.45) is 0. The van der Waals surface area contributed by atoms with Crippen molar-refractivity contribution in [3.63, 3.8) is 0 Å². The van der Waals surface area contributed by atoms with Gasteiger partial charge in [-0.15, -0.1) is 0 Å². The fourth-order valence-corrected chi connectivity index (χ4v) is 22.5. The first-order chi connectivity index (χ1) is 62.2. The van der Waals surface area contributed by atoms with Gasteiger partial charge in [-0.25, -0.2) is 0 Å². The molecule has 614 valence electrons. The zero-order valence-electron chi connectivity index (χ0n) is 73.8. The number of fused-ring (bicyclic) bond motifs is 10. The number of furan rings is 2. The molecule has 2 aliphatic carbocycles. The van der Waals surface area contributed by atoms with E-state index in [1.54, 1.807) is 0 Å². The van der Waals surface area contributed by atoms with Crippen molar-refractivity contribution in [2.24, 2.45) is 0 Å². The minimum atomic E-state index is -0.664. The Morgan fingerprint density at radius 1 is 0.219 bits per heavy atom. The monoisotopic (exact) mass is 1640 g/mol. The number of benzene rings is 18.